The van der Waals surface area contributed by atoms with Crippen LogP contribution in [0.4, 0.5) is 0 Å². The predicted molar refractivity (Wildman–Crippen MR) is 73.1 cm³/mol. The van der Waals surface area contributed by atoms with Crippen molar-refractivity contribution >= 4 is 11.8 Å². The van der Waals surface area contributed by atoms with E-state index in [9.17, 15) is 9.59 Å². The van der Waals surface area contributed by atoms with Gasteiger partial charge in [-0.05, 0) is 25.0 Å². The van der Waals surface area contributed by atoms with E-state index in [1.807, 2.05) is 25.1 Å². The number of imide groups is 1. The zero-order valence-corrected chi connectivity index (χ0v) is 11.4. The summed E-state index contributed by atoms with van der Waals surface area (Å²) >= 11 is 0. The minimum Gasteiger partial charge on any atom is -0.376 e. The van der Waals surface area contributed by atoms with Gasteiger partial charge in [-0.15, -0.1) is 0 Å². The molecule has 1 saturated carbocycles. The van der Waals surface area contributed by atoms with Gasteiger partial charge in [0.05, 0.1) is 18.6 Å². The largest absolute Gasteiger partial charge is 0.376 e. The van der Waals surface area contributed by atoms with Crippen LogP contribution in [0.25, 0.3) is 0 Å². The van der Waals surface area contributed by atoms with Crippen LogP contribution in [0.3, 0.4) is 0 Å². The quantitative estimate of drug-likeness (QED) is 0.824. The minimum absolute atomic E-state index is 0.131. The third-order valence-electron chi connectivity index (χ3n) is 4.08. The van der Waals surface area contributed by atoms with E-state index in [1.54, 1.807) is 6.07 Å². The summed E-state index contributed by atoms with van der Waals surface area (Å²) in [6.45, 7) is 2.46. The summed E-state index contributed by atoms with van der Waals surface area (Å²) in [5, 5.41) is 0. The van der Waals surface area contributed by atoms with Gasteiger partial charge in [0, 0.05) is 18.2 Å². The Balaban J connectivity index is 1.91. The Morgan fingerprint density at radius 1 is 1.35 bits per heavy atom. The second-order valence-corrected chi connectivity index (χ2v) is 5.29. The van der Waals surface area contributed by atoms with Crippen LogP contribution in [0.1, 0.15) is 29.3 Å². The Bertz CT molecular complexity index is 556. The molecule has 0 aromatic heterocycles. The molecule has 0 radical (unpaired) electrons. The Hall–Kier alpha value is -1.72. The predicted octanol–water partition coefficient (Wildman–Crippen LogP) is 0.716. The van der Waals surface area contributed by atoms with E-state index < -0.39 is 0 Å². The smallest absolute Gasteiger partial charge is 0.261 e. The molecule has 2 N–H and O–H groups in total. The maximum atomic E-state index is 12.6. The van der Waals surface area contributed by atoms with Crippen molar-refractivity contribution in [3.8, 4) is 0 Å². The average Bonchev–Trinajstić information content (AvgIpc) is 2.43. The second-order valence-electron chi connectivity index (χ2n) is 5.29. The first kappa shape index (κ1) is 13.3. The summed E-state index contributed by atoms with van der Waals surface area (Å²) < 4.78 is 5.57. The molecule has 1 aliphatic carbocycles. The molecule has 2 aliphatic rings. The van der Waals surface area contributed by atoms with Crippen molar-refractivity contribution in [1.29, 1.82) is 0 Å². The normalized spacial score (nSPS) is 29.1. The van der Waals surface area contributed by atoms with E-state index in [-0.39, 0.29) is 36.4 Å². The molecule has 1 aromatic rings. The molecule has 5 nitrogen and oxygen atoms in total. The van der Waals surface area contributed by atoms with Crippen LogP contribution in [0.5, 0.6) is 0 Å². The summed E-state index contributed by atoms with van der Waals surface area (Å²) in [6, 6.07) is 6.71. The lowest BCUT2D eigenvalue weighted by atomic mass is 9.80. The van der Waals surface area contributed by atoms with Crippen molar-refractivity contribution in [2.24, 2.45) is 5.73 Å². The minimum atomic E-state index is -0.330. The van der Waals surface area contributed by atoms with E-state index in [2.05, 4.69) is 0 Å². The lowest BCUT2D eigenvalue weighted by Crippen LogP contribution is -2.68. The summed E-state index contributed by atoms with van der Waals surface area (Å²) in [7, 11) is 0. The van der Waals surface area contributed by atoms with Crippen molar-refractivity contribution < 1.29 is 14.3 Å². The van der Waals surface area contributed by atoms with Gasteiger partial charge in [-0.1, -0.05) is 18.2 Å². The fraction of sp³-hybridized carbons (Fsp3) is 0.467. The highest BCUT2D eigenvalue weighted by Crippen LogP contribution is 2.32. The van der Waals surface area contributed by atoms with Gasteiger partial charge in [-0.3, -0.25) is 14.5 Å². The van der Waals surface area contributed by atoms with Gasteiger partial charge >= 0.3 is 0 Å². The maximum Gasteiger partial charge on any atom is 0.261 e. The number of amides is 2. The molecule has 2 amide bonds. The first-order valence-electron chi connectivity index (χ1n) is 6.95. The third-order valence-corrected chi connectivity index (χ3v) is 4.08. The highest BCUT2D eigenvalue weighted by molar-refractivity contribution is 6.10. The van der Waals surface area contributed by atoms with E-state index in [1.165, 1.54) is 4.90 Å². The van der Waals surface area contributed by atoms with Crippen molar-refractivity contribution in [2.75, 3.05) is 6.61 Å². The molecule has 1 aliphatic heterocycles. The molecule has 20 heavy (non-hydrogen) atoms. The molecule has 1 aromatic carbocycles. The molecule has 3 rings (SSSR count). The van der Waals surface area contributed by atoms with Gasteiger partial charge in [-0.2, -0.15) is 0 Å². The molecule has 1 fully saturated rings. The topological polar surface area (TPSA) is 72.6 Å². The Labute approximate surface area is 117 Å². The fourth-order valence-electron chi connectivity index (χ4n) is 3.04. The third kappa shape index (κ3) is 1.94. The fourth-order valence-corrected chi connectivity index (χ4v) is 3.04. The van der Waals surface area contributed by atoms with Crippen molar-refractivity contribution in [2.45, 2.75) is 38.0 Å². The highest BCUT2D eigenvalue weighted by atomic mass is 16.5. The molecule has 0 spiro atoms. The van der Waals surface area contributed by atoms with E-state index in [4.69, 9.17) is 10.5 Å². The van der Waals surface area contributed by atoms with Crippen LogP contribution in [0, 0.1) is 0 Å². The monoisotopic (exact) mass is 274 g/mol. The number of fused-ring (bicyclic) bond motifs is 1. The molecule has 0 saturated heterocycles. The highest BCUT2D eigenvalue weighted by Gasteiger charge is 2.49. The molecule has 5 heteroatoms. The molecule has 106 valence electrons. The van der Waals surface area contributed by atoms with E-state index >= 15 is 0 Å². The molecular weight excluding hydrogens is 256 g/mol. The van der Waals surface area contributed by atoms with Crippen LogP contribution in [-0.2, 0) is 16.0 Å². The Kier molecular flexibility index (Phi) is 3.31. The molecular formula is C15H18N2O3. The van der Waals surface area contributed by atoms with E-state index in [0.717, 1.165) is 5.56 Å². The van der Waals surface area contributed by atoms with Crippen LogP contribution < -0.4 is 5.73 Å². The van der Waals surface area contributed by atoms with Crippen LogP contribution in [-0.4, -0.2) is 41.5 Å². The maximum absolute atomic E-state index is 12.6. The van der Waals surface area contributed by atoms with Crippen LogP contribution in [0.15, 0.2) is 24.3 Å². The van der Waals surface area contributed by atoms with Crippen LogP contribution >= 0.6 is 0 Å². The van der Waals surface area contributed by atoms with Gasteiger partial charge < -0.3 is 10.5 Å². The first-order chi connectivity index (χ1) is 9.63. The van der Waals surface area contributed by atoms with Gasteiger partial charge in [0.2, 0.25) is 5.91 Å². The SMILES string of the molecule is CCOC1CC(N)C1N1C(=O)Cc2ccccc2C1=O. The number of hydrogen-bond donors (Lipinski definition) is 1. The van der Waals surface area contributed by atoms with Gasteiger partial charge in [0.25, 0.3) is 5.91 Å². The van der Waals surface area contributed by atoms with Gasteiger partial charge in [0.1, 0.15) is 0 Å². The summed E-state index contributed by atoms with van der Waals surface area (Å²) in [6.07, 6.45) is 0.814. The summed E-state index contributed by atoms with van der Waals surface area (Å²) in [4.78, 5) is 26.2. The number of nitrogens with two attached hydrogens (primary N) is 1. The number of ether oxygens (including phenoxy) is 1. The lowest BCUT2D eigenvalue weighted by molar-refractivity contribution is -0.140. The Morgan fingerprint density at radius 2 is 2.10 bits per heavy atom. The van der Waals surface area contributed by atoms with E-state index in [0.29, 0.717) is 18.6 Å². The summed E-state index contributed by atoms with van der Waals surface area (Å²) in [5.74, 6) is -0.430. The zero-order valence-electron chi connectivity index (χ0n) is 11.4. The molecule has 3 unspecified atom stereocenters. The lowest BCUT2D eigenvalue weighted by Gasteiger charge is -2.48. The van der Waals surface area contributed by atoms with Gasteiger partial charge in [-0.25, -0.2) is 0 Å². The summed E-state index contributed by atoms with van der Waals surface area (Å²) in [5.41, 5.74) is 7.38. The van der Waals surface area contributed by atoms with Crippen LogP contribution in [0.2, 0.25) is 0 Å². The number of carbonyl (C=O) groups excluding carboxylic acids is 2. The Morgan fingerprint density at radius 3 is 2.80 bits per heavy atom. The van der Waals surface area contributed by atoms with Crippen molar-refractivity contribution in [1.82, 2.24) is 4.90 Å². The zero-order chi connectivity index (χ0) is 14.3. The van der Waals surface area contributed by atoms with Gasteiger partial charge in [0.15, 0.2) is 0 Å². The van der Waals surface area contributed by atoms with Crippen molar-refractivity contribution in [3.05, 3.63) is 35.4 Å². The molecule has 0 bridgehead atoms. The second kappa shape index (κ2) is 5.00. The molecule has 1 heterocycles. The number of nitrogens with zero attached hydrogens (tertiary/aromatic N) is 1. The average molecular weight is 274 g/mol. The number of carbonyl (C=O) groups is 2. The number of benzene rings is 1. The first-order valence-corrected chi connectivity index (χ1v) is 6.95. The van der Waals surface area contributed by atoms with Crippen molar-refractivity contribution in [3.63, 3.8) is 0 Å². The molecule has 3 atom stereocenters. The standard InChI is InChI=1S/C15H18N2O3/c1-2-20-12-8-11(16)14(12)17-13(18)7-9-5-3-4-6-10(9)15(17)19/h3-6,11-12,14H,2,7-8,16H2,1H3. The number of rotatable bonds is 3. The number of hydrogen-bond acceptors (Lipinski definition) is 4.